The van der Waals surface area contributed by atoms with Gasteiger partial charge in [0.25, 0.3) is 0 Å². The second kappa shape index (κ2) is 4.94. The molecule has 1 aliphatic carbocycles. The highest BCUT2D eigenvalue weighted by molar-refractivity contribution is 5.82. The first kappa shape index (κ1) is 10.9. The maximum Gasteiger partial charge on any atom is 0.237 e. The fourth-order valence-corrected chi connectivity index (χ4v) is 2.50. The van der Waals surface area contributed by atoms with Gasteiger partial charge in [0.05, 0.1) is 12.1 Å². The zero-order valence-electron chi connectivity index (χ0n) is 9.04. The molecule has 15 heavy (non-hydrogen) atoms. The summed E-state index contributed by atoms with van der Waals surface area (Å²) in [6, 6.07) is -0.179. The maximum atomic E-state index is 11.7. The summed E-state index contributed by atoms with van der Waals surface area (Å²) < 4.78 is 0. The minimum absolute atomic E-state index is 0.0541. The minimum Gasteiger partial charge on any atom is -0.392 e. The lowest BCUT2D eigenvalue weighted by Gasteiger charge is -2.14. The zero-order chi connectivity index (χ0) is 10.7. The van der Waals surface area contributed by atoms with Crippen molar-refractivity contribution in [2.24, 2.45) is 5.92 Å². The first-order valence-corrected chi connectivity index (χ1v) is 5.95. The number of hydrogen-bond acceptors (Lipinski definition) is 3. The Morgan fingerprint density at radius 2 is 2.13 bits per heavy atom. The van der Waals surface area contributed by atoms with E-state index in [2.05, 4.69) is 10.6 Å². The zero-order valence-corrected chi connectivity index (χ0v) is 9.04. The van der Waals surface area contributed by atoms with Crippen LogP contribution in [0.15, 0.2) is 0 Å². The van der Waals surface area contributed by atoms with Crippen molar-refractivity contribution in [2.45, 2.75) is 44.2 Å². The fraction of sp³-hybridized carbons (Fsp3) is 0.909. The number of carbonyl (C=O) groups excluding carboxylic acids is 1. The molecule has 1 aliphatic heterocycles. The third-order valence-corrected chi connectivity index (χ3v) is 3.46. The summed E-state index contributed by atoms with van der Waals surface area (Å²) in [6.07, 6.45) is 5.31. The van der Waals surface area contributed by atoms with Crippen LogP contribution in [-0.4, -0.2) is 36.2 Å². The molecule has 1 saturated carbocycles. The van der Waals surface area contributed by atoms with E-state index in [1.165, 1.54) is 25.7 Å². The summed E-state index contributed by atoms with van der Waals surface area (Å²) in [5, 5.41) is 15.3. The molecule has 0 aromatic heterocycles. The van der Waals surface area contributed by atoms with Crippen molar-refractivity contribution >= 4 is 5.91 Å². The summed E-state index contributed by atoms with van der Waals surface area (Å²) in [5.41, 5.74) is 0. The molecule has 2 atom stereocenters. The Balaban J connectivity index is 1.67. The van der Waals surface area contributed by atoms with Crippen LogP contribution in [0, 0.1) is 5.92 Å². The van der Waals surface area contributed by atoms with Crippen molar-refractivity contribution in [3.05, 3.63) is 0 Å². The molecule has 0 bridgehead atoms. The van der Waals surface area contributed by atoms with Gasteiger partial charge in [-0.15, -0.1) is 0 Å². The normalized spacial score (nSPS) is 32.1. The van der Waals surface area contributed by atoms with Crippen LogP contribution in [-0.2, 0) is 4.79 Å². The summed E-state index contributed by atoms with van der Waals surface area (Å²) >= 11 is 0. The van der Waals surface area contributed by atoms with Crippen LogP contribution in [0.2, 0.25) is 0 Å². The van der Waals surface area contributed by atoms with Gasteiger partial charge in [-0.05, 0) is 25.2 Å². The number of nitrogens with one attached hydrogen (secondary N) is 2. The summed E-state index contributed by atoms with van der Waals surface area (Å²) in [6.45, 7) is 1.36. The van der Waals surface area contributed by atoms with Crippen molar-refractivity contribution in [1.29, 1.82) is 0 Å². The molecule has 3 N–H and O–H groups in total. The van der Waals surface area contributed by atoms with Gasteiger partial charge in [0.2, 0.25) is 5.91 Å². The average molecular weight is 212 g/mol. The lowest BCUT2D eigenvalue weighted by Crippen LogP contribution is -2.41. The number of hydrogen-bond donors (Lipinski definition) is 3. The predicted octanol–water partition coefficient (Wildman–Crippen LogP) is 0.0156. The lowest BCUT2D eigenvalue weighted by atomic mass is 10.1. The van der Waals surface area contributed by atoms with Crippen LogP contribution in [0.4, 0.5) is 0 Å². The van der Waals surface area contributed by atoms with Gasteiger partial charge in [-0.1, -0.05) is 12.8 Å². The van der Waals surface area contributed by atoms with Crippen LogP contribution in [0.5, 0.6) is 0 Å². The number of aliphatic hydroxyl groups excluding tert-OH is 1. The standard InChI is InChI=1S/C11H20N2O2/c14-9-5-10(12-7-9)11(15)13-6-8-3-1-2-4-8/h8-10,12,14H,1-7H2,(H,13,15)/t9-,10-/m1/s1. The SMILES string of the molecule is O=C(NCC1CCCC1)[C@H]1C[C@@H](O)CN1. The minimum atomic E-state index is -0.354. The Bertz CT molecular complexity index is 227. The van der Waals surface area contributed by atoms with Crippen LogP contribution in [0.25, 0.3) is 0 Å². The lowest BCUT2D eigenvalue weighted by molar-refractivity contribution is -0.123. The first-order chi connectivity index (χ1) is 7.25. The third kappa shape index (κ3) is 2.92. The van der Waals surface area contributed by atoms with E-state index in [-0.39, 0.29) is 18.1 Å². The largest absolute Gasteiger partial charge is 0.392 e. The van der Waals surface area contributed by atoms with Crippen LogP contribution in [0.3, 0.4) is 0 Å². The van der Waals surface area contributed by atoms with Gasteiger partial charge in [0.1, 0.15) is 0 Å². The predicted molar refractivity (Wildman–Crippen MR) is 57.4 cm³/mol. The van der Waals surface area contributed by atoms with E-state index < -0.39 is 0 Å². The van der Waals surface area contributed by atoms with Crippen molar-refractivity contribution in [1.82, 2.24) is 10.6 Å². The van der Waals surface area contributed by atoms with Gasteiger partial charge in [-0.3, -0.25) is 4.79 Å². The van der Waals surface area contributed by atoms with E-state index in [1.807, 2.05) is 0 Å². The van der Waals surface area contributed by atoms with E-state index in [1.54, 1.807) is 0 Å². The highest BCUT2D eigenvalue weighted by Gasteiger charge is 2.28. The van der Waals surface area contributed by atoms with Gasteiger partial charge in [-0.2, -0.15) is 0 Å². The molecule has 0 aromatic rings. The Kier molecular flexibility index (Phi) is 3.59. The number of rotatable bonds is 3. The number of carbonyl (C=O) groups is 1. The number of aliphatic hydroxyl groups is 1. The van der Waals surface area contributed by atoms with Crippen molar-refractivity contribution in [3.63, 3.8) is 0 Å². The summed E-state index contributed by atoms with van der Waals surface area (Å²) in [4.78, 5) is 11.7. The fourth-order valence-electron chi connectivity index (χ4n) is 2.50. The molecule has 4 heteroatoms. The molecule has 2 rings (SSSR count). The quantitative estimate of drug-likeness (QED) is 0.618. The number of β-amino-alcohol motifs (C(OH)–C–C–N with tert-alkyl or cyclic N) is 1. The van der Waals surface area contributed by atoms with E-state index in [0.717, 1.165) is 6.54 Å². The van der Waals surface area contributed by atoms with E-state index >= 15 is 0 Å². The Hall–Kier alpha value is -0.610. The molecule has 1 heterocycles. The molecule has 4 nitrogen and oxygen atoms in total. The van der Waals surface area contributed by atoms with Gasteiger partial charge in [-0.25, -0.2) is 0 Å². The highest BCUT2D eigenvalue weighted by atomic mass is 16.3. The monoisotopic (exact) mass is 212 g/mol. The summed E-state index contributed by atoms with van der Waals surface area (Å²) in [7, 11) is 0. The molecule has 0 spiro atoms. The van der Waals surface area contributed by atoms with E-state index in [4.69, 9.17) is 0 Å². The topological polar surface area (TPSA) is 61.4 Å². The molecule has 0 aromatic carbocycles. The molecule has 1 amide bonds. The van der Waals surface area contributed by atoms with Crippen LogP contribution < -0.4 is 10.6 Å². The molecule has 1 saturated heterocycles. The van der Waals surface area contributed by atoms with Gasteiger partial charge in [0.15, 0.2) is 0 Å². The van der Waals surface area contributed by atoms with Crippen LogP contribution >= 0.6 is 0 Å². The molecular formula is C11H20N2O2. The highest BCUT2D eigenvalue weighted by Crippen LogP contribution is 2.23. The molecule has 2 fully saturated rings. The molecule has 2 aliphatic rings. The Morgan fingerprint density at radius 1 is 1.40 bits per heavy atom. The molecule has 0 unspecified atom stereocenters. The Labute approximate surface area is 90.4 Å². The molecule has 86 valence electrons. The second-order valence-electron chi connectivity index (χ2n) is 4.75. The molecule has 0 radical (unpaired) electrons. The van der Waals surface area contributed by atoms with Crippen molar-refractivity contribution in [2.75, 3.05) is 13.1 Å². The van der Waals surface area contributed by atoms with E-state index in [0.29, 0.717) is 18.9 Å². The van der Waals surface area contributed by atoms with Gasteiger partial charge >= 0.3 is 0 Å². The first-order valence-electron chi connectivity index (χ1n) is 5.95. The maximum absolute atomic E-state index is 11.7. The van der Waals surface area contributed by atoms with Crippen molar-refractivity contribution in [3.8, 4) is 0 Å². The molecular weight excluding hydrogens is 192 g/mol. The van der Waals surface area contributed by atoms with Crippen molar-refractivity contribution < 1.29 is 9.90 Å². The Morgan fingerprint density at radius 3 is 2.73 bits per heavy atom. The third-order valence-electron chi connectivity index (χ3n) is 3.46. The smallest absolute Gasteiger partial charge is 0.237 e. The second-order valence-corrected chi connectivity index (χ2v) is 4.75. The van der Waals surface area contributed by atoms with E-state index in [9.17, 15) is 9.90 Å². The van der Waals surface area contributed by atoms with Gasteiger partial charge < -0.3 is 15.7 Å². The average Bonchev–Trinajstić information content (AvgIpc) is 2.84. The van der Waals surface area contributed by atoms with Gasteiger partial charge in [0, 0.05) is 13.1 Å². The summed E-state index contributed by atoms with van der Waals surface area (Å²) in [5.74, 6) is 0.735. The number of amides is 1. The van der Waals surface area contributed by atoms with Crippen LogP contribution in [0.1, 0.15) is 32.1 Å².